The van der Waals surface area contributed by atoms with Crippen LogP contribution in [0.5, 0.6) is 0 Å². The molecule has 1 saturated heterocycles. The van der Waals surface area contributed by atoms with Gasteiger partial charge in [0.2, 0.25) is 11.7 Å². The molecular weight excluding hydrogens is 551 g/mol. The highest BCUT2D eigenvalue weighted by atomic mass is 35.5. The number of halogens is 2. The van der Waals surface area contributed by atoms with Crippen LogP contribution in [0.3, 0.4) is 0 Å². The Labute approximate surface area is 248 Å². The third-order valence-corrected chi connectivity index (χ3v) is 8.18. The summed E-state index contributed by atoms with van der Waals surface area (Å²) >= 11 is 6.73. The van der Waals surface area contributed by atoms with Gasteiger partial charge in [0.15, 0.2) is 5.82 Å². The van der Waals surface area contributed by atoms with E-state index in [0.717, 1.165) is 42.7 Å². The Morgan fingerprint density at radius 2 is 1.71 bits per heavy atom. The summed E-state index contributed by atoms with van der Waals surface area (Å²) in [4.78, 5) is 32.2. The third kappa shape index (κ3) is 5.84. The van der Waals surface area contributed by atoms with Crippen molar-refractivity contribution < 1.29 is 14.0 Å². The number of nitrogens with one attached hydrogen (secondary N) is 1. The minimum absolute atomic E-state index is 0.0712. The summed E-state index contributed by atoms with van der Waals surface area (Å²) in [5.41, 5.74) is 5.58. The molecule has 0 atom stereocenters. The largest absolute Gasteiger partial charge is 0.326 e. The molecule has 0 aliphatic carbocycles. The van der Waals surface area contributed by atoms with Crippen LogP contribution in [0.4, 0.5) is 10.1 Å². The number of imidazole rings is 1. The molecule has 0 spiro atoms. The average Bonchev–Trinajstić information content (AvgIpc) is 3.38. The van der Waals surface area contributed by atoms with Crippen LogP contribution < -0.4 is 5.32 Å². The number of fused-ring (bicyclic) bond motifs is 1. The molecule has 1 amide bonds. The van der Waals surface area contributed by atoms with Gasteiger partial charge in [0.1, 0.15) is 5.82 Å². The maximum atomic E-state index is 13.7. The fourth-order valence-corrected chi connectivity index (χ4v) is 5.95. The molecule has 6 nitrogen and oxygen atoms in total. The first-order chi connectivity index (χ1) is 20.4. The Hall–Kier alpha value is -4.33. The van der Waals surface area contributed by atoms with Crippen LogP contribution in [0, 0.1) is 5.82 Å². The Bertz CT molecular complexity index is 1770. The van der Waals surface area contributed by atoms with Gasteiger partial charge in [-0.05, 0) is 97.6 Å². The van der Waals surface area contributed by atoms with E-state index in [4.69, 9.17) is 11.6 Å². The number of amides is 1. The molecule has 1 aliphatic rings. The van der Waals surface area contributed by atoms with Gasteiger partial charge in [-0.2, -0.15) is 0 Å². The summed E-state index contributed by atoms with van der Waals surface area (Å²) in [6, 6.07) is 27.1. The molecule has 0 unspecified atom stereocenters. The number of anilines is 1. The van der Waals surface area contributed by atoms with Gasteiger partial charge < -0.3 is 5.32 Å². The van der Waals surface area contributed by atoms with Gasteiger partial charge in [0.25, 0.3) is 0 Å². The first-order valence-electron chi connectivity index (χ1n) is 14.0. The molecule has 1 aromatic heterocycles. The average molecular weight is 581 g/mol. The molecular formula is C34H30ClFN4O2. The number of rotatable bonds is 7. The summed E-state index contributed by atoms with van der Waals surface area (Å²) in [5, 5.41) is 3.41. The van der Waals surface area contributed by atoms with Crippen molar-refractivity contribution in [1.29, 1.82) is 0 Å². The summed E-state index contributed by atoms with van der Waals surface area (Å²) in [5.74, 6) is 0.00486. The van der Waals surface area contributed by atoms with Gasteiger partial charge in [-0.1, -0.05) is 48.0 Å². The standard InChI is InChI=1S/C34H30ClFN4O2/c1-22(41)37-28-6-4-5-24(19-28)23-15-17-39(18-16-23)21-26-10-9-25(20-30(26)35)33(42)34-38-31-7-2-3-8-32(31)40(34)29-13-11-27(36)12-14-29/h2-14,19-20,23H,15-18,21H2,1H3,(H,37,41). The number of para-hydroxylation sites is 2. The predicted molar refractivity (Wildman–Crippen MR) is 164 cm³/mol. The zero-order chi connectivity index (χ0) is 29.2. The molecule has 1 N–H and O–H groups in total. The van der Waals surface area contributed by atoms with Gasteiger partial charge in [0.05, 0.1) is 11.0 Å². The zero-order valence-electron chi connectivity index (χ0n) is 23.2. The second kappa shape index (κ2) is 11.9. The van der Waals surface area contributed by atoms with E-state index in [0.29, 0.717) is 34.3 Å². The predicted octanol–water partition coefficient (Wildman–Crippen LogP) is 7.39. The van der Waals surface area contributed by atoms with E-state index in [1.54, 1.807) is 28.8 Å². The summed E-state index contributed by atoms with van der Waals surface area (Å²) in [6.45, 7) is 4.06. The van der Waals surface area contributed by atoms with Crippen molar-refractivity contribution in [2.45, 2.75) is 32.2 Å². The highest BCUT2D eigenvalue weighted by molar-refractivity contribution is 6.32. The summed E-state index contributed by atoms with van der Waals surface area (Å²) in [7, 11) is 0. The lowest BCUT2D eigenvalue weighted by Gasteiger charge is -2.32. The van der Waals surface area contributed by atoms with E-state index in [-0.39, 0.29) is 23.3 Å². The highest BCUT2D eigenvalue weighted by Crippen LogP contribution is 2.31. The quantitative estimate of drug-likeness (QED) is 0.204. The van der Waals surface area contributed by atoms with Crippen LogP contribution in [0.1, 0.15) is 53.0 Å². The number of ketones is 1. The lowest BCUT2D eigenvalue weighted by atomic mass is 9.89. The number of nitrogens with zero attached hydrogens (tertiary/aromatic N) is 3. The minimum atomic E-state index is -0.348. The number of hydrogen-bond acceptors (Lipinski definition) is 4. The molecule has 0 bridgehead atoms. The Morgan fingerprint density at radius 1 is 0.952 bits per heavy atom. The van der Waals surface area contributed by atoms with E-state index >= 15 is 0 Å². The van der Waals surface area contributed by atoms with Gasteiger partial charge in [-0.3, -0.25) is 19.1 Å². The van der Waals surface area contributed by atoms with Crippen LogP contribution in [-0.4, -0.2) is 39.2 Å². The Morgan fingerprint density at radius 3 is 2.45 bits per heavy atom. The molecule has 1 fully saturated rings. The van der Waals surface area contributed by atoms with Gasteiger partial charge >= 0.3 is 0 Å². The monoisotopic (exact) mass is 580 g/mol. The normalized spacial score (nSPS) is 14.3. The Balaban J connectivity index is 1.17. The number of piperidine rings is 1. The molecule has 0 radical (unpaired) electrons. The van der Waals surface area contributed by atoms with Crippen molar-refractivity contribution in [2.24, 2.45) is 0 Å². The summed E-state index contributed by atoms with van der Waals surface area (Å²) < 4.78 is 15.4. The van der Waals surface area contributed by atoms with E-state index in [2.05, 4.69) is 27.3 Å². The smallest absolute Gasteiger partial charge is 0.228 e. The van der Waals surface area contributed by atoms with Gasteiger partial charge in [0, 0.05) is 35.4 Å². The second-order valence-corrected chi connectivity index (χ2v) is 11.1. The topological polar surface area (TPSA) is 67.2 Å². The van der Waals surface area contributed by atoms with Crippen LogP contribution in [-0.2, 0) is 11.3 Å². The zero-order valence-corrected chi connectivity index (χ0v) is 23.9. The van der Waals surface area contributed by atoms with Crippen LogP contribution >= 0.6 is 11.6 Å². The van der Waals surface area contributed by atoms with E-state index in [1.807, 2.05) is 42.5 Å². The van der Waals surface area contributed by atoms with E-state index in [9.17, 15) is 14.0 Å². The lowest BCUT2D eigenvalue weighted by Crippen LogP contribution is -2.32. The van der Waals surface area contributed by atoms with Crippen molar-refractivity contribution in [1.82, 2.24) is 14.5 Å². The molecule has 6 rings (SSSR count). The number of hydrogen-bond donors (Lipinski definition) is 1. The van der Waals surface area contributed by atoms with E-state index in [1.165, 1.54) is 24.6 Å². The molecule has 212 valence electrons. The van der Waals surface area contributed by atoms with Gasteiger partial charge in [-0.15, -0.1) is 0 Å². The number of carbonyl (C=O) groups is 2. The molecule has 5 aromatic rings. The first kappa shape index (κ1) is 27.8. The van der Waals surface area contributed by atoms with Crippen molar-refractivity contribution in [2.75, 3.05) is 18.4 Å². The SMILES string of the molecule is CC(=O)Nc1cccc(C2CCN(Cc3ccc(C(=O)c4nc5ccccc5n4-c4ccc(F)cc4)cc3Cl)CC2)c1. The number of benzene rings is 4. The van der Waals surface area contributed by atoms with Crippen molar-refractivity contribution in [3.63, 3.8) is 0 Å². The summed E-state index contributed by atoms with van der Waals surface area (Å²) in [6.07, 6.45) is 2.02. The second-order valence-electron chi connectivity index (χ2n) is 10.7. The van der Waals surface area contributed by atoms with E-state index < -0.39 is 0 Å². The number of carbonyl (C=O) groups excluding carboxylic acids is 2. The molecule has 2 heterocycles. The molecule has 42 heavy (non-hydrogen) atoms. The van der Waals surface area contributed by atoms with Crippen LogP contribution in [0.2, 0.25) is 5.02 Å². The van der Waals surface area contributed by atoms with Gasteiger partial charge in [-0.25, -0.2) is 9.37 Å². The fourth-order valence-electron chi connectivity index (χ4n) is 5.71. The molecule has 4 aromatic carbocycles. The van der Waals surface area contributed by atoms with Crippen molar-refractivity contribution >= 4 is 40.0 Å². The van der Waals surface area contributed by atoms with Crippen LogP contribution in [0.25, 0.3) is 16.7 Å². The third-order valence-electron chi connectivity index (χ3n) is 7.82. The van der Waals surface area contributed by atoms with Crippen molar-refractivity contribution in [3.8, 4) is 5.69 Å². The minimum Gasteiger partial charge on any atom is -0.326 e. The highest BCUT2D eigenvalue weighted by Gasteiger charge is 2.24. The van der Waals surface area contributed by atoms with Crippen molar-refractivity contribution in [3.05, 3.63) is 124 Å². The molecule has 1 aliphatic heterocycles. The fraction of sp³-hybridized carbons (Fsp3) is 0.206. The van der Waals surface area contributed by atoms with Crippen LogP contribution in [0.15, 0.2) is 91.0 Å². The maximum absolute atomic E-state index is 13.7. The molecule has 8 heteroatoms. The first-order valence-corrected chi connectivity index (χ1v) is 14.4. The maximum Gasteiger partial charge on any atom is 0.228 e. The Kier molecular flexibility index (Phi) is 7.87. The lowest BCUT2D eigenvalue weighted by molar-refractivity contribution is -0.114. The molecule has 0 saturated carbocycles. The number of aromatic nitrogens is 2. The number of likely N-dealkylation sites (tertiary alicyclic amines) is 1.